The molecule has 0 unspecified atom stereocenters. The highest BCUT2D eigenvalue weighted by Crippen LogP contribution is 2.10. The van der Waals surface area contributed by atoms with Crippen molar-refractivity contribution >= 4 is 11.6 Å². The first-order valence-electron chi connectivity index (χ1n) is 7.71. The number of carbonyl (C=O) groups excluding carboxylic acids is 1. The van der Waals surface area contributed by atoms with Crippen molar-refractivity contribution in [1.82, 2.24) is 10.3 Å². The van der Waals surface area contributed by atoms with Crippen LogP contribution in [-0.2, 0) is 11.3 Å². The van der Waals surface area contributed by atoms with Gasteiger partial charge in [0.25, 0.3) is 5.91 Å². The fraction of sp³-hybridized carbons (Fsp3) is 0.333. The third-order valence-electron chi connectivity index (χ3n) is 3.39. The lowest BCUT2D eigenvalue weighted by molar-refractivity contribution is 0.0943. The molecule has 0 bridgehead atoms. The zero-order valence-corrected chi connectivity index (χ0v) is 13.6. The summed E-state index contributed by atoms with van der Waals surface area (Å²) in [5, 5.41) is 6.12. The summed E-state index contributed by atoms with van der Waals surface area (Å²) in [7, 11) is 1.64. The molecule has 1 aromatic carbocycles. The second kappa shape index (κ2) is 8.90. The van der Waals surface area contributed by atoms with E-state index in [0.717, 1.165) is 18.7 Å². The number of benzene rings is 1. The third-order valence-corrected chi connectivity index (χ3v) is 3.39. The summed E-state index contributed by atoms with van der Waals surface area (Å²) in [5.41, 5.74) is 3.76. The van der Waals surface area contributed by atoms with Crippen LogP contribution in [0.3, 0.4) is 0 Å². The molecule has 0 saturated carbocycles. The van der Waals surface area contributed by atoms with Gasteiger partial charge in [0.15, 0.2) is 0 Å². The van der Waals surface area contributed by atoms with E-state index < -0.39 is 0 Å². The van der Waals surface area contributed by atoms with Crippen molar-refractivity contribution in [3.63, 3.8) is 0 Å². The summed E-state index contributed by atoms with van der Waals surface area (Å²) >= 11 is 0. The molecule has 23 heavy (non-hydrogen) atoms. The largest absolute Gasteiger partial charge is 0.385 e. The van der Waals surface area contributed by atoms with E-state index in [1.807, 2.05) is 12.1 Å². The highest BCUT2D eigenvalue weighted by Gasteiger charge is 2.06. The summed E-state index contributed by atoms with van der Waals surface area (Å²) in [4.78, 5) is 16.1. The Hall–Kier alpha value is -2.40. The molecule has 0 aliphatic carbocycles. The molecule has 0 atom stereocenters. The first-order valence-corrected chi connectivity index (χ1v) is 7.71. The molecule has 0 aliphatic heterocycles. The van der Waals surface area contributed by atoms with Gasteiger partial charge in [0.05, 0.1) is 11.9 Å². The first-order chi connectivity index (χ1) is 11.2. The van der Waals surface area contributed by atoms with Crippen LogP contribution >= 0.6 is 0 Å². The monoisotopic (exact) mass is 313 g/mol. The number of hydrogen-bond donors (Lipinski definition) is 2. The van der Waals surface area contributed by atoms with Gasteiger partial charge in [0.2, 0.25) is 0 Å². The molecule has 0 radical (unpaired) electrons. The van der Waals surface area contributed by atoms with Gasteiger partial charge in [-0.2, -0.15) is 0 Å². The second-order valence-corrected chi connectivity index (χ2v) is 5.38. The Bertz CT molecular complexity index is 626. The number of ether oxygens (including phenoxy) is 1. The number of nitrogens with one attached hydrogen (secondary N) is 2. The molecule has 0 aliphatic rings. The molecule has 2 N–H and O–H groups in total. The van der Waals surface area contributed by atoms with Crippen LogP contribution in [-0.4, -0.2) is 31.2 Å². The molecule has 5 heteroatoms. The van der Waals surface area contributed by atoms with Gasteiger partial charge in [-0.15, -0.1) is 0 Å². The molecule has 0 saturated heterocycles. The van der Waals surface area contributed by atoms with Crippen molar-refractivity contribution in [1.29, 1.82) is 0 Å². The van der Waals surface area contributed by atoms with E-state index in [0.29, 0.717) is 18.8 Å². The van der Waals surface area contributed by atoms with Crippen LogP contribution in [0.4, 0.5) is 5.69 Å². The number of methoxy groups -OCH3 is 1. The number of aryl methyl sites for hydroxylation is 1. The van der Waals surface area contributed by atoms with Gasteiger partial charge in [-0.1, -0.05) is 29.8 Å². The average molecular weight is 313 g/mol. The lowest BCUT2D eigenvalue weighted by atomic mass is 10.1. The van der Waals surface area contributed by atoms with E-state index in [-0.39, 0.29) is 5.91 Å². The molecule has 1 heterocycles. The van der Waals surface area contributed by atoms with E-state index >= 15 is 0 Å². The molecule has 1 aromatic heterocycles. The highest BCUT2D eigenvalue weighted by atomic mass is 16.5. The Morgan fingerprint density at radius 1 is 1.26 bits per heavy atom. The predicted octanol–water partition coefficient (Wildman–Crippen LogP) is 2.77. The van der Waals surface area contributed by atoms with E-state index in [9.17, 15) is 4.79 Å². The molecule has 122 valence electrons. The van der Waals surface area contributed by atoms with Crippen LogP contribution in [0.15, 0.2) is 42.6 Å². The van der Waals surface area contributed by atoms with Gasteiger partial charge >= 0.3 is 0 Å². The lowest BCUT2D eigenvalue weighted by Gasteiger charge is -2.08. The minimum Gasteiger partial charge on any atom is -0.385 e. The first kappa shape index (κ1) is 17.0. The van der Waals surface area contributed by atoms with Gasteiger partial charge < -0.3 is 15.4 Å². The van der Waals surface area contributed by atoms with Crippen molar-refractivity contribution in [2.24, 2.45) is 0 Å². The predicted molar refractivity (Wildman–Crippen MR) is 91.6 cm³/mol. The van der Waals surface area contributed by atoms with Crippen molar-refractivity contribution in [3.8, 4) is 0 Å². The van der Waals surface area contributed by atoms with Gasteiger partial charge in [-0.3, -0.25) is 4.79 Å². The normalized spacial score (nSPS) is 10.3. The van der Waals surface area contributed by atoms with E-state index in [4.69, 9.17) is 4.74 Å². The second-order valence-electron chi connectivity index (χ2n) is 5.38. The van der Waals surface area contributed by atoms with E-state index in [1.54, 1.807) is 19.4 Å². The van der Waals surface area contributed by atoms with Crippen LogP contribution in [0.5, 0.6) is 0 Å². The van der Waals surface area contributed by atoms with Crippen LogP contribution in [0.1, 0.15) is 28.0 Å². The van der Waals surface area contributed by atoms with E-state index in [1.165, 1.54) is 11.1 Å². The smallest absolute Gasteiger partial charge is 0.269 e. The minimum atomic E-state index is -0.161. The molecular formula is C18H23N3O2. The third kappa shape index (κ3) is 5.71. The Morgan fingerprint density at radius 3 is 2.83 bits per heavy atom. The molecule has 1 amide bonds. The molecule has 5 nitrogen and oxygen atoms in total. The van der Waals surface area contributed by atoms with Gasteiger partial charge in [-0.25, -0.2) is 4.98 Å². The maximum atomic E-state index is 11.9. The minimum absolute atomic E-state index is 0.161. The number of hydrogen-bond acceptors (Lipinski definition) is 4. The number of carbonyl (C=O) groups is 1. The quantitative estimate of drug-likeness (QED) is 0.736. The molecule has 2 aromatic rings. The van der Waals surface area contributed by atoms with Crippen LogP contribution < -0.4 is 10.6 Å². The zero-order chi connectivity index (χ0) is 16.5. The molecule has 0 fully saturated rings. The van der Waals surface area contributed by atoms with Crippen LogP contribution in [0.2, 0.25) is 0 Å². The number of amides is 1. The summed E-state index contributed by atoms with van der Waals surface area (Å²) in [6, 6.07) is 11.9. The van der Waals surface area contributed by atoms with Crippen molar-refractivity contribution in [2.45, 2.75) is 19.9 Å². The summed E-state index contributed by atoms with van der Waals surface area (Å²) in [6.07, 6.45) is 2.47. The Morgan fingerprint density at radius 2 is 2.13 bits per heavy atom. The Kier molecular flexibility index (Phi) is 6.56. The fourth-order valence-corrected chi connectivity index (χ4v) is 2.17. The summed E-state index contributed by atoms with van der Waals surface area (Å²) in [5.74, 6) is -0.161. The van der Waals surface area contributed by atoms with Crippen molar-refractivity contribution < 1.29 is 9.53 Å². The number of pyridine rings is 1. The average Bonchev–Trinajstić information content (AvgIpc) is 2.57. The van der Waals surface area contributed by atoms with E-state index in [2.05, 4.69) is 40.7 Å². The highest BCUT2D eigenvalue weighted by molar-refractivity contribution is 5.92. The molecule has 2 rings (SSSR count). The zero-order valence-electron chi connectivity index (χ0n) is 13.6. The van der Waals surface area contributed by atoms with Crippen LogP contribution in [0, 0.1) is 6.92 Å². The van der Waals surface area contributed by atoms with Crippen molar-refractivity contribution in [2.75, 3.05) is 25.6 Å². The lowest BCUT2D eigenvalue weighted by Crippen LogP contribution is -2.26. The number of nitrogens with zero attached hydrogens (tertiary/aromatic N) is 1. The van der Waals surface area contributed by atoms with Crippen LogP contribution in [0.25, 0.3) is 0 Å². The van der Waals surface area contributed by atoms with Gasteiger partial charge in [0, 0.05) is 26.8 Å². The number of anilines is 1. The Balaban J connectivity index is 1.83. The SMILES string of the molecule is COCCCNC(=O)c1ccc(NCc2cccc(C)c2)cn1. The standard InChI is InChI=1S/C18H23N3O2/c1-14-5-3-6-15(11-14)12-20-16-7-8-17(21-13-16)18(22)19-9-4-10-23-2/h3,5-8,11,13,20H,4,9-10,12H2,1-2H3,(H,19,22). The summed E-state index contributed by atoms with van der Waals surface area (Å²) < 4.78 is 4.94. The number of rotatable bonds is 8. The fourth-order valence-electron chi connectivity index (χ4n) is 2.17. The molecular weight excluding hydrogens is 290 g/mol. The van der Waals surface area contributed by atoms with Gasteiger partial charge in [-0.05, 0) is 31.0 Å². The number of aromatic nitrogens is 1. The molecule has 0 spiro atoms. The topological polar surface area (TPSA) is 63.2 Å². The van der Waals surface area contributed by atoms with Crippen molar-refractivity contribution in [3.05, 3.63) is 59.4 Å². The summed E-state index contributed by atoms with van der Waals surface area (Å²) in [6.45, 7) is 4.02. The Labute approximate surface area is 137 Å². The maximum Gasteiger partial charge on any atom is 0.269 e. The van der Waals surface area contributed by atoms with Gasteiger partial charge in [0.1, 0.15) is 5.69 Å². The maximum absolute atomic E-state index is 11.9.